The molecule has 0 aliphatic rings. The van der Waals surface area contributed by atoms with Crippen molar-refractivity contribution in [2.24, 2.45) is 5.92 Å². The van der Waals surface area contributed by atoms with Gasteiger partial charge < -0.3 is 4.90 Å². The van der Waals surface area contributed by atoms with E-state index < -0.39 is 0 Å². The third-order valence-electron chi connectivity index (χ3n) is 5.07. The highest BCUT2D eigenvalue weighted by atomic mass is 35.5. The Balaban J connectivity index is 2.41. The van der Waals surface area contributed by atoms with E-state index in [2.05, 4.69) is 69.3 Å². The normalized spacial score (nSPS) is 12.6. The highest BCUT2D eigenvalue weighted by Crippen LogP contribution is 2.28. The molecule has 0 aliphatic heterocycles. The van der Waals surface area contributed by atoms with E-state index in [1.54, 1.807) is 0 Å². The van der Waals surface area contributed by atoms with Crippen LogP contribution in [0.2, 0.25) is 5.02 Å². The summed E-state index contributed by atoms with van der Waals surface area (Å²) in [4.78, 5) is 2.42. The third kappa shape index (κ3) is 6.00. The van der Waals surface area contributed by atoms with Crippen molar-refractivity contribution in [2.75, 3.05) is 18.0 Å². The van der Waals surface area contributed by atoms with Gasteiger partial charge in [-0.1, -0.05) is 52.3 Å². The Kier molecular flexibility index (Phi) is 8.22. The second kappa shape index (κ2) is 10.2. The number of halogens is 1. The van der Waals surface area contributed by atoms with Crippen molar-refractivity contribution < 1.29 is 0 Å². The van der Waals surface area contributed by atoms with Gasteiger partial charge >= 0.3 is 0 Å². The standard InChI is InChI=1S/C23H36ClN3/c1-7-11-26(12-8-2)23-15-22(19(6)13-17(3)4)27(25-23)16-20-14-21(24)10-9-18(20)5/h9-10,14-15,17,19H,7-8,11-13,16H2,1-6H3. The molecule has 0 radical (unpaired) electrons. The molecular formula is C23H36ClN3. The molecule has 0 bridgehead atoms. The predicted molar refractivity (Wildman–Crippen MR) is 118 cm³/mol. The van der Waals surface area contributed by atoms with Crippen LogP contribution >= 0.6 is 11.6 Å². The molecule has 2 aromatic rings. The molecular weight excluding hydrogens is 354 g/mol. The lowest BCUT2D eigenvalue weighted by Crippen LogP contribution is -2.25. The number of aromatic nitrogens is 2. The average molecular weight is 390 g/mol. The molecule has 0 fully saturated rings. The molecule has 4 heteroatoms. The monoisotopic (exact) mass is 389 g/mol. The van der Waals surface area contributed by atoms with Gasteiger partial charge in [-0.2, -0.15) is 5.10 Å². The van der Waals surface area contributed by atoms with Crippen LogP contribution in [-0.4, -0.2) is 22.9 Å². The van der Waals surface area contributed by atoms with Gasteiger partial charge in [0.1, 0.15) is 0 Å². The minimum Gasteiger partial charge on any atom is -0.355 e. The topological polar surface area (TPSA) is 21.1 Å². The fourth-order valence-corrected chi connectivity index (χ4v) is 3.97. The fourth-order valence-electron chi connectivity index (χ4n) is 3.78. The molecule has 150 valence electrons. The van der Waals surface area contributed by atoms with E-state index in [0.717, 1.165) is 43.3 Å². The number of benzene rings is 1. The van der Waals surface area contributed by atoms with E-state index in [0.29, 0.717) is 11.8 Å². The van der Waals surface area contributed by atoms with Gasteiger partial charge in [-0.25, -0.2) is 0 Å². The molecule has 27 heavy (non-hydrogen) atoms. The van der Waals surface area contributed by atoms with Crippen LogP contribution in [0, 0.1) is 12.8 Å². The average Bonchev–Trinajstić information content (AvgIpc) is 3.01. The summed E-state index contributed by atoms with van der Waals surface area (Å²) in [5, 5.41) is 5.83. The summed E-state index contributed by atoms with van der Waals surface area (Å²) in [5.74, 6) is 2.27. The maximum atomic E-state index is 6.25. The molecule has 1 aromatic heterocycles. The van der Waals surface area contributed by atoms with E-state index in [1.165, 1.54) is 23.2 Å². The maximum Gasteiger partial charge on any atom is 0.150 e. The second-order valence-corrected chi connectivity index (χ2v) is 8.61. The zero-order valence-corrected chi connectivity index (χ0v) is 18.7. The molecule has 1 unspecified atom stereocenters. The van der Waals surface area contributed by atoms with E-state index >= 15 is 0 Å². The molecule has 0 saturated heterocycles. The quantitative estimate of drug-likeness (QED) is 0.452. The summed E-state index contributed by atoms with van der Waals surface area (Å²) >= 11 is 6.25. The van der Waals surface area contributed by atoms with E-state index in [9.17, 15) is 0 Å². The van der Waals surface area contributed by atoms with Gasteiger partial charge in [0.25, 0.3) is 0 Å². The lowest BCUT2D eigenvalue weighted by Gasteiger charge is -2.20. The first kappa shape index (κ1) is 21.8. The molecule has 1 atom stereocenters. The van der Waals surface area contributed by atoms with Crippen LogP contribution in [0.25, 0.3) is 0 Å². The Morgan fingerprint density at radius 1 is 1.07 bits per heavy atom. The van der Waals surface area contributed by atoms with Gasteiger partial charge in [-0.15, -0.1) is 0 Å². The summed E-state index contributed by atoms with van der Waals surface area (Å²) in [5.41, 5.74) is 3.83. The number of hydrogen-bond acceptors (Lipinski definition) is 2. The van der Waals surface area contributed by atoms with Gasteiger partial charge in [0.2, 0.25) is 0 Å². The van der Waals surface area contributed by atoms with Crippen molar-refractivity contribution >= 4 is 17.4 Å². The van der Waals surface area contributed by atoms with Crippen LogP contribution in [0.3, 0.4) is 0 Å². The molecule has 3 nitrogen and oxygen atoms in total. The lowest BCUT2D eigenvalue weighted by atomic mass is 9.95. The first-order valence-corrected chi connectivity index (χ1v) is 10.8. The maximum absolute atomic E-state index is 6.25. The molecule has 2 rings (SSSR count). The van der Waals surface area contributed by atoms with Crippen molar-refractivity contribution in [3.05, 3.63) is 46.1 Å². The van der Waals surface area contributed by atoms with Crippen LogP contribution in [0.15, 0.2) is 24.3 Å². The summed E-state index contributed by atoms with van der Waals surface area (Å²) < 4.78 is 2.21. The van der Waals surface area contributed by atoms with Gasteiger partial charge in [0.05, 0.1) is 6.54 Å². The molecule has 1 heterocycles. The van der Waals surface area contributed by atoms with Crippen molar-refractivity contribution in [3.63, 3.8) is 0 Å². The van der Waals surface area contributed by atoms with Crippen molar-refractivity contribution in [1.29, 1.82) is 0 Å². The first-order chi connectivity index (χ1) is 12.8. The number of nitrogens with zero attached hydrogens (tertiary/aromatic N) is 3. The smallest absolute Gasteiger partial charge is 0.150 e. The predicted octanol–water partition coefficient (Wildman–Crippen LogP) is 6.67. The second-order valence-electron chi connectivity index (χ2n) is 8.17. The van der Waals surface area contributed by atoms with Gasteiger partial charge in [-0.05, 0) is 61.3 Å². The number of rotatable bonds is 10. The highest BCUT2D eigenvalue weighted by Gasteiger charge is 2.19. The van der Waals surface area contributed by atoms with Gasteiger partial charge in [0.15, 0.2) is 5.82 Å². The van der Waals surface area contributed by atoms with Crippen molar-refractivity contribution in [2.45, 2.75) is 73.3 Å². The number of aryl methyl sites for hydroxylation is 1. The van der Waals surface area contributed by atoms with E-state index in [-0.39, 0.29) is 0 Å². The fraction of sp³-hybridized carbons (Fsp3) is 0.609. The summed E-state index contributed by atoms with van der Waals surface area (Å²) in [6.07, 6.45) is 3.44. The Labute approximate surface area is 170 Å². The first-order valence-electron chi connectivity index (χ1n) is 10.4. The van der Waals surface area contributed by atoms with Crippen molar-refractivity contribution in [1.82, 2.24) is 9.78 Å². The Bertz CT molecular complexity index is 714. The Morgan fingerprint density at radius 3 is 2.33 bits per heavy atom. The largest absolute Gasteiger partial charge is 0.355 e. The molecule has 0 saturated carbocycles. The third-order valence-corrected chi connectivity index (χ3v) is 5.31. The molecule has 0 spiro atoms. The summed E-state index contributed by atoms with van der Waals surface area (Å²) in [6, 6.07) is 8.45. The Hall–Kier alpha value is -1.48. The van der Waals surface area contributed by atoms with Crippen molar-refractivity contribution in [3.8, 4) is 0 Å². The van der Waals surface area contributed by atoms with Crippen LogP contribution in [-0.2, 0) is 6.54 Å². The molecule has 0 amide bonds. The number of anilines is 1. The van der Waals surface area contributed by atoms with Gasteiger partial charge in [0, 0.05) is 29.9 Å². The minimum absolute atomic E-state index is 0.482. The van der Waals surface area contributed by atoms with Gasteiger partial charge in [-0.3, -0.25) is 4.68 Å². The van der Waals surface area contributed by atoms with Crippen LogP contribution in [0.4, 0.5) is 5.82 Å². The van der Waals surface area contributed by atoms with E-state index in [1.807, 2.05) is 6.07 Å². The van der Waals surface area contributed by atoms with Crippen LogP contribution in [0.5, 0.6) is 0 Å². The minimum atomic E-state index is 0.482. The van der Waals surface area contributed by atoms with E-state index in [4.69, 9.17) is 16.7 Å². The molecule has 0 N–H and O–H groups in total. The Morgan fingerprint density at radius 2 is 1.74 bits per heavy atom. The molecule has 0 aliphatic carbocycles. The molecule has 1 aromatic carbocycles. The summed E-state index contributed by atoms with van der Waals surface area (Å²) in [6.45, 7) is 16.4. The summed E-state index contributed by atoms with van der Waals surface area (Å²) in [7, 11) is 0. The highest BCUT2D eigenvalue weighted by molar-refractivity contribution is 6.30. The zero-order valence-electron chi connectivity index (χ0n) is 17.9. The number of hydrogen-bond donors (Lipinski definition) is 0. The SMILES string of the molecule is CCCN(CCC)c1cc(C(C)CC(C)C)n(Cc2cc(Cl)ccc2C)n1. The van der Waals surface area contributed by atoms with Crippen LogP contribution in [0.1, 0.15) is 76.6 Å². The zero-order chi connectivity index (χ0) is 20.0. The van der Waals surface area contributed by atoms with Crippen LogP contribution < -0.4 is 4.90 Å². The lowest BCUT2D eigenvalue weighted by molar-refractivity contribution is 0.491.